The molecule has 0 bridgehead atoms. The standard InChI is InChI=1S/C15H22N2O3/c1-14(2)6-8-15(18,9-7-14)11-16-12-4-3-5-13(10-12)17(19)20/h3-5,10,16,18H,6-9,11H2,1-2H3. The molecule has 0 aliphatic heterocycles. The smallest absolute Gasteiger partial charge is 0.271 e. The highest BCUT2D eigenvalue weighted by molar-refractivity contribution is 5.51. The van der Waals surface area contributed by atoms with Crippen molar-refractivity contribution < 1.29 is 10.0 Å². The number of nitrogens with one attached hydrogen (secondary N) is 1. The van der Waals surface area contributed by atoms with Gasteiger partial charge < -0.3 is 10.4 Å². The van der Waals surface area contributed by atoms with Crippen molar-refractivity contribution >= 4 is 11.4 Å². The van der Waals surface area contributed by atoms with E-state index in [4.69, 9.17) is 0 Å². The molecule has 20 heavy (non-hydrogen) atoms. The van der Waals surface area contributed by atoms with Gasteiger partial charge in [-0.05, 0) is 37.2 Å². The first kappa shape index (κ1) is 14.8. The third-order valence-electron chi connectivity index (χ3n) is 4.21. The summed E-state index contributed by atoms with van der Waals surface area (Å²) in [5.41, 5.74) is 0.335. The van der Waals surface area contributed by atoms with Gasteiger partial charge in [0.15, 0.2) is 0 Å². The summed E-state index contributed by atoms with van der Waals surface area (Å²) in [6, 6.07) is 6.39. The molecule has 0 spiro atoms. The van der Waals surface area contributed by atoms with Crippen LogP contribution in [0.15, 0.2) is 24.3 Å². The minimum absolute atomic E-state index is 0.0618. The second-order valence-corrected chi connectivity index (χ2v) is 6.55. The fraction of sp³-hybridized carbons (Fsp3) is 0.600. The van der Waals surface area contributed by atoms with Crippen LogP contribution in [-0.4, -0.2) is 22.2 Å². The van der Waals surface area contributed by atoms with Gasteiger partial charge in [-0.25, -0.2) is 0 Å². The van der Waals surface area contributed by atoms with Gasteiger partial charge in [0, 0.05) is 24.4 Å². The minimum Gasteiger partial charge on any atom is -0.388 e. The van der Waals surface area contributed by atoms with E-state index in [-0.39, 0.29) is 5.69 Å². The molecule has 0 heterocycles. The first-order valence-electron chi connectivity index (χ1n) is 7.01. The van der Waals surface area contributed by atoms with Gasteiger partial charge in [0.2, 0.25) is 0 Å². The van der Waals surface area contributed by atoms with Crippen molar-refractivity contribution in [2.75, 3.05) is 11.9 Å². The van der Waals surface area contributed by atoms with Crippen LogP contribution in [0.5, 0.6) is 0 Å². The van der Waals surface area contributed by atoms with Crippen LogP contribution in [-0.2, 0) is 0 Å². The lowest BCUT2D eigenvalue weighted by atomic mass is 9.71. The van der Waals surface area contributed by atoms with Gasteiger partial charge in [-0.15, -0.1) is 0 Å². The second kappa shape index (κ2) is 5.40. The number of nitro benzene ring substituents is 1. The summed E-state index contributed by atoms with van der Waals surface area (Å²) < 4.78 is 0. The number of anilines is 1. The molecule has 0 unspecified atom stereocenters. The molecule has 0 amide bonds. The van der Waals surface area contributed by atoms with E-state index in [1.54, 1.807) is 12.1 Å². The molecule has 1 aliphatic carbocycles. The minimum atomic E-state index is -0.708. The van der Waals surface area contributed by atoms with Crippen LogP contribution >= 0.6 is 0 Å². The lowest BCUT2D eigenvalue weighted by Gasteiger charge is -2.40. The van der Waals surface area contributed by atoms with Gasteiger partial charge in [-0.2, -0.15) is 0 Å². The molecule has 0 aromatic heterocycles. The zero-order valence-electron chi connectivity index (χ0n) is 12.1. The van der Waals surface area contributed by atoms with E-state index in [9.17, 15) is 15.2 Å². The lowest BCUT2D eigenvalue weighted by molar-refractivity contribution is -0.384. The van der Waals surface area contributed by atoms with Crippen LogP contribution in [0.3, 0.4) is 0 Å². The zero-order valence-corrected chi connectivity index (χ0v) is 12.1. The number of rotatable bonds is 4. The van der Waals surface area contributed by atoms with Gasteiger partial charge >= 0.3 is 0 Å². The van der Waals surface area contributed by atoms with Crippen molar-refractivity contribution in [3.05, 3.63) is 34.4 Å². The monoisotopic (exact) mass is 278 g/mol. The predicted molar refractivity (Wildman–Crippen MR) is 78.8 cm³/mol. The summed E-state index contributed by atoms with van der Waals surface area (Å²) >= 11 is 0. The summed E-state index contributed by atoms with van der Waals surface area (Å²) in [6.45, 7) is 4.88. The molecular weight excluding hydrogens is 256 g/mol. The van der Waals surface area contributed by atoms with Crippen molar-refractivity contribution in [3.8, 4) is 0 Å². The number of hydrogen-bond donors (Lipinski definition) is 2. The number of benzene rings is 1. The molecule has 5 heteroatoms. The number of hydrogen-bond acceptors (Lipinski definition) is 4. The summed E-state index contributed by atoms with van der Waals surface area (Å²) in [7, 11) is 0. The summed E-state index contributed by atoms with van der Waals surface area (Å²) in [4.78, 5) is 10.3. The van der Waals surface area contributed by atoms with E-state index in [1.807, 2.05) is 0 Å². The molecule has 0 atom stereocenters. The number of nitro groups is 1. The molecule has 0 saturated heterocycles. The maximum Gasteiger partial charge on any atom is 0.271 e. The van der Waals surface area contributed by atoms with E-state index in [2.05, 4.69) is 19.2 Å². The van der Waals surface area contributed by atoms with Gasteiger partial charge in [-0.1, -0.05) is 19.9 Å². The van der Waals surface area contributed by atoms with Crippen molar-refractivity contribution in [2.45, 2.75) is 45.1 Å². The Morgan fingerprint density at radius 3 is 2.55 bits per heavy atom. The quantitative estimate of drug-likeness (QED) is 0.654. The highest BCUT2D eigenvalue weighted by atomic mass is 16.6. The largest absolute Gasteiger partial charge is 0.388 e. The van der Waals surface area contributed by atoms with Crippen LogP contribution in [0.4, 0.5) is 11.4 Å². The Kier molecular flexibility index (Phi) is 3.99. The molecule has 110 valence electrons. The molecule has 0 radical (unpaired) electrons. The number of aliphatic hydroxyl groups is 1. The van der Waals surface area contributed by atoms with E-state index < -0.39 is 10.5 Å². The molecule has 1 saturated carbocycles. The Bertz CT molecular complexity index is 490. The van der Waals surface area contributed by atoms with Gasteiger partial charge in [-0.3, -0.25) is 10.1 Å². The molecule has 2 N–H and O–H groups in total. The van der Waals surface area contributed by atoms with Crippen molar-refractivity contribution in [1.82, 2.24) is 0 Å². The number of non-ortho nitro benzene ring substituents is 1. The highest BCUT2D eigenvalue weighted by Crippen LogP contribution is 2.40. The van der Waals surface area contributed by atoms with Crippen molar-refractivity contribution in [2.24, 2.45) is 5.41 Å². The molecule has 1 fully saturated rings. The van der Waals surface area contributed by atoms with E-state index in [0.29, 0.717) is 17.6 Å². The van der Waals surface area contributed by atoms with Crippen molar-refractivity contribution in [3.63, 3.8) is 0 Å². The lowest BCUT2D eigenvalue weighted by Crippen LogP contribution is -2.42. The van der Waals surface area contributed by atoms with Crippen molar-refractivity contribution in [1.29, 1.82) is 0 Å². The highest BCUT2D eigenvalue weighted by Gasteiger charge is 2.36. The fourth-order valence-electron chi connectivity index (χ4n) is 2.56. The topological polar surface area (TPSA) is 75.4 Å². The van der Waals surface area contributed by atoms with Crippen LogP contribution in [0, 0.1) is 15.5 Å². The second-order valence-electron chi connectivity index (χ2n) is 6.55. The van der Waals surface area contributed by atoms with E-state index in [0.717, 1.165) is 25.7 Å². The Morgan fingerprint density at radius 2 is 1.95 bits per heavy atom. The molecule has 1 aromatic rings. The Hall–Kier alpha value is -1.62. The van der Waals surface area contributed by atoms with E-state index in [1.165, 1.54) is 12.1 Å². The Balaban J connectivity index is 1.95. The first-order chi connectivity index (χ1) is 9.30. The normalized spacial score (nSPS) is 20.4. The summed E-state index contributed by atoms with van der Waals surface area (Å²) in [6.07, 6.45) is 3.53. The van der Waals surface area contributed by atoms with Gasteiger partial charge in [0.25, 0.3) is 5.69 Å². The predicted octanol–water partition coefficient (Wildman–Crippen LogP) is 3.34. The zero-order chi connectivity index (χ0) is 14.8. The van der Waals surface area contributed by atoms with E-state index >= 15 is 0 Å². The summed E-state index contributed by atoms with van der Waals surface area (Å²) in [5.74, 6) is 0. The Labute approximate surface area is 119 Å². The van der Waals surface area contributed by atoms with Crippen LogP contribution < -0.4 is 5.32 Å². The third kappa shape index (κ3) is 3.70. The first-order valence-corrected chi connectivity index (χ1v) is 7.01. The maximum atomic E-state index is 10.7. The number of nitrogens with zero attached hydrogens (tertiary/aromatic N) is 1. The maximum absolute atomic E-state index is 10.7. The third-order valence-corrected chi connectivity index (χ3v) is 4.21. The van der Waals surface area contributed by atoms with Crippen LogP contribution in [0.1, 0.15) is 39.5 Å². The van der Waals surface area contributed by atoms with Gasteiger partial charge in [0.05, 0.1) is 10.5 Å². The van der Waals surface area contributed by atoms with Gasteiger partial charge in [0.1, 0.15) is 0 Å². The SMILES string of the molecule is CC1(C)CCC(O)(CNc2cccc([N+](=O)[O-])c2)CC1. The Morgan fingerprint density at radius 1 is 1.30 bits per heavy atom. The van der Waals surface area contributed by atoms with Crippen LogP contribution in [0.2, 0.25) is 0 Å². The molecule has 5 nitrogen and oxygen atoms in total. The summed E-state index contributed by atoms with van der Waals surface area (Å²) in [5, 5.41) is 24.4. The average Bonchev–Trinajstić information content (AvgIpc) is 2.41. The molecule has 1 aliphatic rings. The average molecular weight is 278 g/mol. The fourth-order valence-corrected chi connectivity index (χ4v) is 2.56. The molecule has 1 aromatic carbocycles. The molecular formula is C15H22N2O3. The van der Waals surface area contributed by atoms with Crippen LogP contribution in [0.25, 0.3) is 0 Å². The molecule has 2 rings (SSSR count).